The zero-order valence-electron chi connectivity index (χ0n) is 8.04. The fraction of sp³-hybridized carbons (Fsp3) is 0.400. The van der Waals surface area contributed by atoms with Crippen molar-refractivity contribution in [3.63, 3.8) is 0 Å². The molecule has 74 valence electrons. The van der Waals surface area contributed by atoms with Crippen molar-refractivity contribution in [2.45, 2.75) is 20.0 Å². The van der Waals surface area contributed by atoms with Gasteiger partial charge in [0.1, 0.15) is 0 Å². The molecule has 1 N–H and O–H groups in total. The molecule has 1 aromatic rings. The van der Waals surface area contributed by atoms with Crippen LogP contribution in [0.2, 0.25) is 0 Å². The van der Waals surface area contributed by atoms with Gasteiger partial charge in [-0.3, -0.25) is 4.98 Å². The number of hydrogen-bond acceptors (Lipinski definition) is 4. The Morgan fingerprint density at radius 3 is 3.29 bits per heavy atom. The molecule has 1 aliphatic heterocycles. The third-order valence-corrected chi connectivity index (χ3v) is 2.23. The predicted octanol–water partition coefficient (Wildman–Crippen LogP) is 0.861. The SMILES string of the molecule is CCOC(=O)c1ccnc2c1CNC2. The lowest BCUT2D eigenvalue weighted by atomic mass is 10.1. The molecule has 0 amide bonds. The average molecular weight is 192 g/mol. The van der Waals surface area contributed by atoms with Crippen molar-refractivity contribution in [3.05, 3.63) is 29.1 Å². The Labute approximate surface area is 82.3 Å². The molecule has 2 heterocycles. The highest BCUT2D eigenvalue weighted by Crippen LogP contribution is 2.18. The van der Waals surface area contributed by atoms with Crippen LogP contribution >= 0.6 is 0 Å². The van der Waals surface area contributed by atoms with E-state index in [1.54, 1.807) is 19.2 Å². The summed E-state index contributed by atoms with van der Waals surface area (Å²) in [7, 11) is 0. The number of esters is 1. The molecule has 0 radical (unpaired) electrons. The smallest absolute Gasteiger partial charge is 0.338 e. The summed E-state index contributed by atoms with van der Waals surface area (Å²) in [4.78, 5) is 15.7. The van der Waals surface area contributed by atoms with E-state index in [1.807, 2.05) is 0 Å². The summed E-state index contributed by atoms with van der Waals surface area (Å²) in [5.74, 6) is -0.255. The number of rotatable bonds is 2. The highest BCUT2D eigenvalue weighted by molar-refractivity contribution is 5.91. The molecule has 14 heavy (non-hydrogen) atoms. The van der Waals surface area contributed by atoms with Gasteiger partial charge in [0, 0.05) is 24.8 Å². The van der Waals surface area contributed by atoms with Gasteiger partial charge in [-0.2, -0.15) is 0 Å². The summed E-state index contributed by atoms with van der Waals surface area (Å²) < 4.78 is 4.96. The summed E-state index contributed by atoms with van der Waals surface area (Å²) in [6, 6.07) is 1.71. The first-order valence-corrected chi connectivity index (χ1v) is 4.67. The first kappa shape index (κ1) is 9.15. The molecule has 0 fully saturated rings. The standard InChI is InChI=1S/C10H12N2O2/c1-2-14-10(13)7-3-4-12-9-6-11-5-8(7)9/h3-4,11H,2,5-6H2,1H3. The minimum atomic E-state index is -0.255. The molecule has 0 saturated carbocycles. The van der Waals surface area contributed by atoms with Gasteiger partial charge in [0.2, 0.25) is 0 Å². The molecule has 0 aliphatic carbocycles. The Hall–Kier alpha value is -1.42. The highest BCUT2D eigenvalue weighted by Gasteiger charge is 2.19. The number of carbonyl (C=O) groups excluding carboxylic acids is 1. The minimum Gasteiger partial charge on any atom is -0.462 e. The van der Waals surface area contributed by atoms with E-state index in [1.165, 1.54) is 0 Å². The van der Waals surface area contributed by atoms with E-state index in [0.29, 0.717) is 18.7 Å². The largest absolute Gasteiger partial charge is 0.462 e. The summed E-state index contributed by atoms with van der Waals surface area (Å²) in [6.45, 7) is 3.65. The normalized spacial score (nSPS) is 13.8. The first-order chi connectivity index (χ1) is 6.83. The van der Waals surface area contributed by atoms with Gasteiger partial charge in [-0.15, -0.1) is 0 Å². The minimum absolute atomic E-state index is 0.255. The van der Waals surface area contributed by atoms with Gasteiger partial charge < -0.3 is 10.1 Å². The second-order valence-corrected chi connectivity index (χ2v) is 3.11. The zero-order valence-corrected chi connectivity index (χ0v) is 8.04. The van der Waals surface area contributed by atoms with Crippen LogP contribution in [0.4, 0.5) is 0 Å². The van der Waals surface area contributed by atoms with Crippen molar-refractivity contribution in [3.8, 4) is 0 Å². The predicted molar refractivity (Wildman–Crippen MR) is 50.7 cm³/mol. The molecule has 0 unspecified atom stereocenters. The molecule has 0 aromatic carbocycles. The number of fused-ring (bicyclic) bond motifs is 1. The van der Waals surface area contributed by atoms with Crippen LogP contribution in [0.25, 0.3) is 0 Å². The number of nitrogens with zero attached hydrogens (tertiary/aromatic N) is 1. The van der Waals surface area contributed by atoms with Crippen LogP contribution in [0.5, 0.6) is 0 Å². The van der Waals surface area contributed by atoms with Crippen LogP contribution in [0, 0.1) is 0 Å². The first-order valence-electron chi connectivity index (χ1n) is 4.67. The average Bonchev–Trinajstić information content (AvgIpc) is 2.65. The van der Waals surface area contributed by atoms with Crippen molar-refractivity contribution in [2.75, 3.05) is 6.61 Å². The van der Waals surface area contributed by atoms with Crippen LogP contribution in [0.1, 0.15) is 28.5 Å². The van der Waals surface area contributed by atoms with E-state index in [9.17, 15) is 4.79 Å². The molecular weight excluding hydrogens is 180 g/mol. The van der Waals surface area contributed by atoms with Gasteiger partial charge in [0.05, 0.1) is 17.9 Å². The summed E-state index contributed by atoms with van der Waals surface area (Å²) in [5.41, 5.74) is 2.57. The molecule has 0 bridgehead atoms. The quantitative estimate of drug-likeness (QED) is 0.706. The van der Waals surface area contributed by atoms with Gasteiger partial charge in [-0.1, -0.05) is 0 Å². The van der Waals surface area contributed by atoms with Crippen molar-refractivity contribution in [1.29, 1.82) is 0 Å². The molecule has 0 atom stereocenters. The molecule has 0 saturated heterocycles. The van der Waals surface area contributed by atoms with Gasteiger partial charge >= 0.3 is 5.97 Å². The van der Waals surface area contributed by atoms with Crippen LogP contribution < -0.4 is 5.32 Å². The Morgan fingerprint density at radius 2 is 2.50 bits per heavy atom. The van der Waals surface area contributed by atoms with Gasteiger partial charge in [0.25, 0.3) is 0 Å². The van der Waals surface area contributed by atoms with E-state index in [2.05, 4.69) is 10.3 Å². The monoisotopic (exact) mass is 192 g/mol. The van der Waals surface area contributed by atoms with Crippen LogP contribution in [-0.4, -0.2) is 17.6 Å². The van der Waals surface area contributed by atoms with E-state index in [-0.39, 0.29) is 5.97 Å². The lowest BCUT2D eigenvalue weighted by Gasteiger charge is -2.05. The molecule has 1 aromatic heterocycles. The van der Waals surface area contributed by atoms with Crippen molar-refractivity contribution < 1.29 is 9.53 Å². The van der Waals surface area contributed by atoms with Gasteiger partial charge in [0.15, 0.2) is 0 Å². The van der Waals surface area contributed by atoms with Crippen LogP contribution in [0.15, 0.2) is 12.3 Å². The fourth-order valence-corrected chi connectivity index (χ4v) is 1.59. The van der Waals surface area contributed by atoms with E-state index < -0.39 is 0 Å². The number of ether oxygens (including phenoxy) is 1. The van der Waals surface area contributed by atoms with Crippen LogP contribution in [0.3, 0.4) is 0 Å². The lowest BCUT2D eigenvalue weighted by Crippen LogP contribution is -2.09. The third kappa shape index (κ3) is 1.48. The van der Waals surface area contributed by atoms with Gasteiger partial charge in [-0.05, 0) is 13.0 Å². The van der Waals surface area contributed by atoms with Crippen LogP contribution in [-0.2, 0) is 17.8 Å². The maximum absolute atomic E-state index is 11.5. The number of carbonyl (C=O) groups is 1. The number of aromatic nitrogens is 1. The Bertz CT molecular complexity index is 363. The molecule has 0 spiro atoms. The number of hydrogen-bond donors (Lipinski definition) is 1. The summed E-state index contributed by atoms with van der Waals surface area (Å²) in [6.07, 6.45) is 1.65. The molecule has 1 aliphatic rings. The van der Waals surface area contributed by atoms with Crippen molar-refractivity contribution >= 4 is 5.97 Å². The van der Waals surface area contributed by atoms with E-state index >= 15 is 0 Å². The maximum atomic E-state index is 11.5. The topological polar surface area (TPSA) is 51.2 Å². The van der Waals surface area contributed by atoms with Crippen molar-refractivity contribution in [1.82, 2.24) is 10.3 Å². The highest BCUT2D eigenvalue weighted by atomic mass is 16.5. The Balaban J connectivity index is 2.34. The zero-order chi connectivity index (χ0) is 9.97. The Kier molecular flexibility index (Phi) is 2.45. The second-order valence-electron chi connectivity index (χ2n) is 3.11. The third-order valence-electron chi connectivity index (χ3n) is 2.23. The van der Waals surface area contributed by atoms with E-state index in [4.69, 9.17) is 4.74 Å². The number of nitrogens with one attached hydrogen (secondary N) is 1. The maximum Gasteiger partial charge on any atom is 0.338 e. The molecule has 4 heteroatoms. The second kappa shape index (κ2) is 3.75. The summed E-state index contributed by atoms with van der Waals surface area (Å²) >= 11 is 0. The van der Waals surface area contributed by atoms with Gasteiger partial charge in [-0.25, -0.2) is 4.79 Å². The Morgan fingerprint density at radius 1 is 1.64 bits per heavy atom. The van der Waals surface area contributed by atoms with Crippen molar-refractivity contribution in [2.24, 2.45) is 0 Å². The molecule has 4 nitrogen and oxygen atoms in total. The van der Waals surface area contributed by atoms with E-state index in [0.717, 1.165) is 17.8 Å². The summed E-state index contributed by atoms with van der Waals surface area (Å²) in [5, 5.41) is 3.15. The fourth-order valence-electron chi connectivity index (χ4n) is 1.59. The molecule has 2 rings (SSSR count). The lowest BCUT2D eigenvalue weighted by molar-refractivity contribution is 0.0525. The number of pyridine rings is 1. The molecular formula is C10H12N2O2.